The lowest BCUT2D eigenvalue weighted by molar-refractivity contribution is 0.475. The van der Waals surface area contributed by atoms with E-state index < -0.39 is 0 Å². The second-order valence-corrected chi connectivity index (χ2v) is 5.97. The molecule has 0 amide bonds. The average Bonchev–Trinajstić information content (AvgIpc) is 2.33. The van der Waals surface area contributed by atoms with Crippen molar-refractivity contribution in [2.75, 3.05) is 0 Å². The Hall–Kier alpha value is -1.83. The van der Waals surface area contributed by atoms with Crippen LogP contribution in [0.5, 0.6) is 11.5 Å². The highest BCUT2D eigenvalue weighted by Gasteiger charge is 2.14. The van der Waals surface area contributed by atoms with Gasteiger partial charge in [0, 0.05) is 5.69 Å². The van der Waals surface area contributed by atoms with Crippen molar-refractivity contribution >= 4 is 0 Å². The summed E-state index contributed by atoms with van der Waals surface area (Å²) in [5.41, 5.74) is 3.62. The number of aromatic nitrogens is 1. The van der Waals surface area contributed by atoms with E-state index in [-0.39, 0.29) is 5.41 Å². The van der Waals surface area contributed by atoms with Crippen LogP contribution in [0.3, 0.4) is 0 Å². The molecule has 1 aromatic heterocycles. The first kappa shape index (κ1) is 13.6. The minimum absolute atomic E-state index is 0.161. The Morgan fingerprint density at radius 2 is 1.74 bits per heavy atom. The van der Waals surface area contributed by atoms with E-state index in [1.807, 2.05) is 25.1 Å². The molecule has 1 heterocycles. The molecule has 2 rings (SSSR count). The van der Waals surface area contributed by atoms with E-state index >= 15 is 0 Å². The van der Waals surface area contributed by atoms with Crippen LogP contribution in [-0.2, 0) is 5.41 Å². The predicted molar refractivity (Wildman–Crippen MR) is 78.9 cm³/mol. The molecule has 0 N–H and O–H groups in total. The molecule has 0 saturated heterocycles. The van der Waals surface area contributed by atoms with Gasteiger partial charge in [-0.1, -0.05) is 32.9 Å². The van der Waals surface area contributed by atoms with Crippen molar-refractivity contribution in [1.82, 2.24) is 4.98 Å². The molecule has 100 valence electrons. The quantitative estimate of drug-likeness (QED) is 0.769. The van der Waals surface area contributed by atoms with Gasteiger partial charge in [0.25, 0.3) is 0 Å². The van der Waals surface area contributed by atoms with Gasteiger partial charge in [-0.2, -0.15) is 0 Å². The lowest BCUT2D eigenvalue weighted by atomic mass is 9.86. The Balaban J connectivity index is 2.24. The van der Waals surface area contributed by atoms with Crippen LogP contribution in [0.1, 0.15) is 37.6 Å². The Labute approximate surface area is 115 Å². The highest BCUT2D eigenvalue weighted by molar-refractivity contribution is 5.41. The molecule has 2 aromatic rings. The van der Waals surface area contributed by atoms with Crippen LogP contribution >= 0.6 is 0 Å². The van der Waals surface area contributed by atoms with Gasteiger partial charge in [0.2, 0.25) is 0 Å². The third-order valence-corrected chi connectivity index (χ3v) is 3.15. The van der Waals surface area contributed by atoms with Crippen molar-refractivity contribution in [2.45, 2.75) is 40.0 Å². The molecule has 0 aliphatic carbocycles. The van der Waals surface area contributed by atoms with Crippen LogP contribution in [0.4, 0.5) is 0 Å². The molecule has 19 heavy (non-hydrogen) atoms. The zero-order chi connectivity index (χ0) is 14.0. The van der Waals surface area contributed by atoms with Crippen LogP contribution in [0.25, 0.3) is 0 Å². The van der Waals surface area contributed by atoms with Crippen molar-refractivity contribution in [3.63, 3.8) is 0 Å². The van der Waals surface area contributed by atoms with Crippen LogP contribution in [0.15, 0.2) is 36.5 Å². The molecule has 0 fully saturated rings. The number of hydrogen-bond acceptors (Lipinski definition) is 2. The van der Waals surface area contributed by atoms with Crippen LogP contribution in [0.2, 0.25) is 0 Å². The number of pyridine rings is 1. The molecule has 0 aliphatic heterocycles. The van der Waals surface area contributed by atoms with Gasteiger partial charge in [0.1, 0.15) is 11.5 Å². The van der Waals surface area contributed by atoms with E-state index in [1.165, 1.54) is 5.56 Å². The molecule has 0 bridgehead atoms. The molecular formula is C17H21NO. The molecule has 0 spiro atoms. The average molecular weight is 255 g/mol. The number of benzene rings is 1. The van der Waals surface area contributed by atoms with E-state index in [0.29, 0.717) is 0 Å². The van der Waals surface area contributed by atoms with Crippen molar-refractivity contribution in [1.29, 1.82) is 0 Å². The minimum Gasteiger partial charge on any atom is -0.455 e. The Kier molecular flexibility index (Phi) is 3.61. The topological polar surface area (TPSA) is 22.1 Å². The SMILES string of the molecule is Cc1ccc(Oc2ccc(C(C)(C)C)cc2C)cn1. The van der Waals surface area contributed by atoms with Crippen molar-refractivity contribution < 1.29 is 4.74 Å². The zero-order valence-corrected chi connectivity index (χ0v) is 12.3. The van der Waals surface area contributed by atoms with Crippen LogP contribution in [0, 0.1) is 13.8 Å². The van der Waals surface area contributed by atoms with Crippen LogP contribution < -0.4 is 4.74 Å². The molecule has 0 unspecified atom stereocenters. The third-order valence-electron chi connectivity index (χ3n) is 3.15. The van der Waals surface area contributed by atoms with E-state index in [1.54, 1.807) is 6.20 Å². The first-order valence-electron chi connectivity index (χ1n) is 6.58. The number of rotatable bonds is 2. The van der Waals surface area contributed by atoms with Crippen molar-refractivity contribution in [3.8, 4) is 11.5 Å². The van der Waals surface area contributed by atoms with E-state index in [9.17, 15) is 0 Å². The summed E-state index contributed by atoms with van der Waals surface area (Å²) in [6.45, 7) is 10.7. The van der Waals surface area contributed by atoms with E-state index in [0.717, 1.165) is 22.8 Å². The number of ether oxygens (including phenoxy) is 1. The van der Waals surface area contributed by atoms with Gasteiger partial charge >= 0.3 is 0 Å². The maximum atomic E-state index is 5.87. The fourth-order valence-corrected chi connectivity index (χ4v) is 1.87. The molecule has 1 aromatic carbocycles. The lowest BCUT2D eigenvalue weighted by Gasteiger charge is -2.20. The molecule has 2 heteroatoms. The Morgan fingerprint density at radius 3 is 2.26 bits per heavy atom. The first-order valence-corrected chi connectivity index (χ1v) is 6.58. The fraction of sp³-hybridized carbons (Fsp3) is 0.353. The molecule has 0 saturated carbocycles. The summed E-state index contributed by atoms with van der Waals surface area (Å²) in [7, 11) is 0. The summed E-state index contributed by atoms with van der Waals surface area (Å²) in [4.78, 5) is 4.24. The van der Waals surface area contributed by atoms with Crippen molar-refractivity contribution in [2.24, 2.45) is 0 Å². The predicted octanol–water partition coefficient (Wildman–Crippen LogP) is 4.79. The van der Waals surface area contributed by atoms with E-state index in [2.05, 4.69) is 44.8 Å². The van der Waals surface area contributed by atoms with Gasteiger partial charge in [-0.3, -0.25) is 4.98 Å². The molecule has 2 nitrogen and oxygen atoms in total. The molecule has 0 aliphatic rings. The summed E-state index contributed by atoms with van der Waals surface area (Å²) in [6.07, 6.45) is 1.76. The van der Waals surface area contributed by atoms with Gasteiger partial charge in [-0.05, 0) is 48.6 Å². The van der Waals surface area contributed by atoms with E-state index in [4.69, 9.17) is 4.74 Å². The Bertz CT molecular complexity index is 565. The highest BCUT2D eigenvalue weighted by Crippen LogP contribution is 2.30. The highest BCUT2D eigenvalue weighted by atomic mass is 16.5. The Morgan fingerprint density at radius 1 is 1.00 bits per heavy atom. The molecule has 0 atom stereocenters. The smallest absolute Gasteiger partial charge is 0.145 e. The first-order chi connectivity index (χ1) is 8.86. The van der Waals surface area contributed by atoms with Gasteiger partial charge in [-0.25, -0.2) is 0 Å². The van der Waals surface area contributed by atoms with Gasteiger partial charge in [0.05, 0.1) is 6.20 Å². The lowest BCUT2D eigenvalue weighted by Crippen LogP contribution is -2.11. The van der Waals surface area contributed by atoms with Crippen LogP contribution in [-0.4, -0.2) is 4.98 Å². The normalized spacial score (nSPS) is 11.4. The minimum atomic E-state index is 0.161. The van der Waals surface area contributed by atoms with Crippen molar-refractivity contribution in [3.05, 3.63) is 53.3 Å². The summed E-state index contributed by atoms with van der Waals surface area (Å²) in [5, 5.41) is 0. The maximum Gasteiger partial charge on any atom is 0.145 e. The third kappa shape index (κ3) is 3.34. The molecule has 0 radical (unpaired) electrons. The summed E-state index contributed by atoms with van der Waals surface area (Å²) >= 11 is 0. The number of nitrogens with zero attached hydrogens (tertiary/aromatic N) is 1. The van der Waals surface area contributed by atoms with Gasteiger partial charge in [-0.15, -0.1) is 0 Å². The standard InChI is InChI=1S/C17H21NO/c1-12-10-14(17(3,4)5)7-9-16(12)19-15-8-6-13(2)18-11-15/h6-11H,1-5H3. The largest absolute Gasteiger partial charge is 0.455 e. The number of aryl methyl sites for hydroxylation is 2. The second-order valence-electron chi connectivity index (χ2n) is 5.97. The zero-order valence-electron chi connectivity index (χ0n) is 12.3. The van der Waals surface area contributed by atoms with Gasteiger partial charge in [0.15, 0.2) is 0 Å². The van der Waals surface area contributed by atoms with Gasteiger partial charge < -0.3 is 4.74 Å². The number of hydrogen-bond donors (Lipinski definition) is 0. The summed E-state index contributed by atoms with van der Waals surface area (Å²) in [5.74, 6) is 1.66. The molecular weight excluding hydrogens is 234 g/mol. The fourth-order valence-electron chi connectivity index (χ4n) is 1.87. The summed E-state index contributed by atoms with van der Waals surface area (Å²) < 4.78 is 5.87. The second kappa shape index (κ2) is 5.04. The maximum absolute atomic E-state index is 5.87. The monoisotopic (exact) mass is 255 g/mol. The summed E-state index contributed by atoms with van der Waals surface area (Å²) in [6, 6.07) is 10.3.